The zero-order chi connectivity index (χ0) is 9.43. The number of piperidine rings is 1. The molecule has 2 unspecified atom stereocenters. The molecule has 3 heteroatoms. The van der Waals surface area contributed by atoms with E-state index in [4.69, 9.17) is 0 Å². The Bertz CT molecular complexity index is 404. The molecule has 1 aliphatic carbocycles. The zero-order valence-electron chi connectivity index (χ0n) is 7.83. The predicted octanol–water partition coefficient (Wildman–Crippen LogP) is 0.438. The summed E-state index contributed by atoms with van der Waals surface area (Å²) in [5, 5.41) is 3.36. The van der Waals surface area contributed by atoms with Crippen LogP contribution in [0.5, 0.6) is 0 Å². The highest BCUT2D eigenvalue weighted by Crippen LogP contribution is 2.54. The van der Waals surface area contributed by atoms with E-state index in [2.05, 4.69) is 27.1 Å². The van der Waals surface area contributed by atoms with Crippen molar-refractivity contribution in [2.24, 2.45) is 11.3 Å². The number of hydrogen-bond donors (Lipinski definition) is 1. The van der Waals surface area contributed by atoms with Crippen LogP contribution in [-0.2, 0) is 0 Å². The van der Waals surface area contributed by atoms with Crippen molar-refractivity contribution in [3.63, 3.8) is 0 Å². The molecule has 0 radical (unpaired) electrons. The molecule has 2 aliphatic rings. The van der Waals surface area contributed by atoms with Gasteiger partial charge in [-0.05, 0) is 30.9 Å². The average Bonchev–Trinajstić information content (AvgIpc) is 2.80. The lowest BCUT2D eigenvalue weighted by Crippen LogP contribution is -2.14. The van der Waals surface area contributed by atoms with E-state index in [-0.39, 0.29) is 5.41 Å². The van der Waals surface area contributed by atoms with Crippen molar-refractivity contribution in [3.05, 3.63) is 24.3 Å². The van der Waals surface area contributed by atoms with Gasteiger partial charge in [-0.2, -0.15) is 0 Å². The summed E-state index contributed by atoms with van der Waals surface area (Å²) in [5.74, 6) is 7.78. The van der Waals surface area contributed by atoms with Gasteiger partial charge in [0.05, 0.1) is 0 Å². The number of nitrogens with zero attached hydrogens (tertiary/aromatic N) is 2. The predicted molar refractivity (Wildman–Crippen MR) is 52.3 cm³/mol. The minimum atomic E-state index is 0.263. The van der Waals surface area contributed by atoms with Crippen LogP contribution in [0, 0.1) is 23.2 Å². The van der Waals surface area contributed by atoms with E-state index in [9.17, 15) is 0 Å². The molecule has 3 rings (SSSR count). The smallest absolute Gasteiger partial charge is 0.204 e. The Morgan fingerprint density at radius 1 is 1.43 bits per heavy atom. The van der Waals surface area contributed by atoms with Gasteiger partial charge >= 0.3 is 0 Å². The number of hydrogen-bond acceptors (Lipinski definition) is 3. The Morgan fingerprint density at radius 2 is 2.29 bits per heavy atom. The summed E-state index contributed by atoms with van der Waals surface area (Å²) in [5.41, 5.74) is 0.263. The molecule has 2 fully saturated rings. The molecule has 1 aromatic heterocycles. The number of nitrogens with one attached hydrogen (secondary N) is 1. The summed E-state index contributed by atoms with van der Waals surface area (Å²) < 4.78 is 0. The van der Waals surface area contributed by atoms with E-state index in [1.807, 2.05) is 0 Å². The summed E-state index contributed by atoms with van der Waals surface area (Å²) in [6, 6.07) is 1.81. The number of fused-ring (bicyclic) bond motifs is 1. The average molecular weight is 185 g/mol. The van der Waals surface area contributed by atoms with Crippen molar-refractivity contribution < 1.29 is 0 Å². The molecule has 1 aromatic rings. The Hall–Kier alpha value is -1.40. The molecule has 1 N–H and O–H groups in total. The summed E-state index contributed by atoms with van der Waals surface area (Å²) in [4.78, 5) is 8.17. The van der Waals surface area contributed by atoms with Gasteiger partial charge in [0, 0.05) is 24.4 Å². The highest BCUT2D eigenvalue weighted by Gasteiger charge is 2.56. The first-order chi connectivity index (χ1) is 6.89. The standard InChI is InChI=1S/C11H11N3/c1-4-13-10(14-5-1)2-3-11-6-9(11)7-12-8-11/h1,4-5,9,12H,6-8H2. The van der Waals surface area contributed by atoms with Crippen molar-refractivity contribution in [1.29, 1.82) is 0 Å². The minimum Gasteiger partial charge on any atom is -0.315 e. The van der Waals surface area contributed by atoms with E-state index >= 15 is 0 Å². The molecule has 2 atom stereocenters. The fraction of sp³-hybridized carbons (Fsp3) is 0.455. The molecule has 0 bridgehead atoms. The van der Waals surface area contributed by atoms with Crippen molar-refractivity contribution >= 4 is 0 Å². The largest absolute Gasteiger partial charge is 0.315 e. The van der Waals surface area contributed by atoms with Gasteiger partial charge < -0.3 is 5.32 Å². The molecule has 1 saturated heterocycles. The second-order valence-electron chi connectivity index (χ2n) is 4.01. The minimum absolute atomic E-state index is 0.263. The van der Waals surface area contributed by atoms with Gasteiger partial charge in [0.2, 0.25) is 5.82 Å². The topological polar surface area (TPSA) is 37.8 Å². The maximum Gasteiger partial charge on any atom is 0.204 e. The molecule has 14 heavy (non-hydrogen) atoms. The maximum absolute atomic E-state index is 4.08. The zero-order valence-corrected chi connectivity index (χ0v) is 7.83. The lowest BCUT2D eigenvalue weighted by Gasteiger charge is -1.99. The van der Waals surface area contributed by atoms with Crippen LogP contribution in [0.2, 0.25) is 0 Å². The normalized spacial score (nSPS) is 33.0. The number of rotatable bonds is 0. The fourth-order valence-electron chi connectivity index (χ4n) is 2.08. The monoisotopic (exact) mass is 185 g/mol. The van der Waals surface area contributed by atoms with Crippen LogP contribution >= 0.6 is 0 Å². The molecule has 0 amide bonds. The molecule has 0 aromatic carbocycles. The van der Waals surface area contributed by atoms with Crippen LogP contribution in [0.25, 0.3) is 0 Å². The first-order valence-electron chi connectivity index (χ1n) is 4.90. The molecule has 2 heterocycles. The highest BCUT2D eigenvalue weighted by molar-refractivity contribution is 5.32. The third-order valence-electron chi connectivity index (χ3n) is 3.05. The molecule has 1 saturated carbocycles. The Morgan fingerprint density at radius 3 is 2.93 bits per heavy atom. The summed E-state index contributed by atoms with van der Waals surface area (Å²) in [7, 11) is 0. The summed E-state index contributed by atoms with van der Waals surface area (Å²) >= 11 is 0. The number of aromatic nitrogens is 2. The highest BCUT2D eigenvalue weighted by atomic mass is 15.0. The van der Waals surface area contributed by atoms with Crippen LogP contribution in [0.15, 0.2) is 18.5 Å². The Labute approximate surface area is 83.0 Å². The van der Waals surface area contributed by atoms with Gasteiger partial charge in [-0.3, -0.25) is 0 Å². The van der Waals surface area contributed by atoms with Crippen LogP contribution < -0.4 is 5.32 Å². The lowest BCUT2D eigenvalue weighted by atomic mass is 10.1. The van der Waals surface area contributed by atoms with Crippen LogP contribution in [-0.4, -0.2) is 23.1 Å². The van der Waals surface area contributed by atoms with Crippen LogP contribution in [0.3, 0.4) is 0 Å². The molecule has 3 nitrogen and oxygen atoms in total. The van der Waals surface area contributed by atoms with E-state index < -0.39 is 0 Å². The van der Waals surface area contributed by atoms with Gasteiger partial charge in [-0.15, -0.1) is 0 Å². The second kappa shape index (κ2) is 2.79. The third kappa shape index (κ3) is 1.19. The quantitative estimate of drug-likeness (QED) is 0.596. The Balaban J connectivity index is 1.82. The lowest BCUT2D eigenvalue weighted by molar-refractivity contribution is 0.666. The summed E-state index contributed by atoms with van der Waals surface area (Å²) in [6.07, 6.45) is 4.71. The molecular weight excluding hydrogens is 174 g/mol. The molecule has 70 valence electrons. The third-order valence-corrected chi connectivity index (χ3v) is 3.05. The van der Waals surface area contributed by atoms with Crippen molar-refractivity contribution in [2.75, 3.05) is 13.1 Å². The van der Waals surface area contributed by atoms with E-state index in [0.29, 0.717) is 5.82 Å². The maximum atomic E-state index is 4.08. The SMILES string of the molecule is C(#CC12CNCC1C2)c1ncccn1. The molecule has 0 spiro atoms. The molecular formula is C11H11N3. The van der Waals surface area contributed by atoms with Gasteiger partial charge in [0.25, 0.3) is 0 Å². The second-order valence-corrected chi connectivity index (χ2v) is 4.01. The summed E-state index contributed by atoms with van der Waals surface area (Å²) in [6.45, 7) is 2.17. The van der Waals surface area contributed by atoms with Crippen molar-refractivity contribution in [3.8, 4) is 11.8 Å². The van der Waals surface area contributed by atoms with E-state index in [1.54, 1.807) is 18.5 Å². The van der Waals surface area contributed by atoms with Crippen LogP contribution in [0.1, 0.15) is 12.2 Å². The van der Waals surface area contributed by atoms with E-state index in [1.165, 1.54) is 6.42 Å². The van der Waals surface area contributed by atoms with E-state index in [0.717, 1.165) is 19.0 Å². The first kappa shape index (κ1) is 7.95. The van der Waals surface area contributed by atoms with Gasteiger partial charge in [-0.25, -0.2) is 9.97 Å². The van der Waals surface area contributed by atoms with Gasteiger partial charge in [0.15, 0.2) is 0 Å². The van der Waals surface area contributed by atoms with Gasteiger partial charge in [0.1, 0.15) is 0 Å². The first-order valence-corrected chi connectivity index (χ1v) is 4.90. The van der Waals surface area contributed by atoms with Crippen LogP contribution in [0.4, 0.5) is 0 Å². The Kier molecular flexibility index (Phi) is 1.59. The van der Waals surface area contributed by atoms with Gasteiger partial charge in [-0.1, -0.05) is 5.92 Å². The van der Waals surface area contributed by atoms with Crippen molar-refractivity contribution in [2.45, 2.75) is 6.42 Å². The van der Waals surface area contributed by atoms with Crippen molar-refractivity contribution in [1.82, 2.24) is 15.3 Å². The molecule has 1 aliphatic heterocycles. The fourth-order valence-corrected chi connectivity index (χ4v) is 2.08.